The van der Waals surface area contributed by atoms with Gasteiger partial charge in [-0.25, -0.2) is 4.39 Å². The van der Waals surface area contributed by atoms with Crippen LogP contribution in [0.25, 0.3) is 0 Å². The van der Waals surface area contributed by atoms with E-state index in [1.54, 1.807) is 30.3 Å². The van der Waals surface area contributed by atoms with Gasteiger partial charge in [0, 0.05) is 14.2 Å². The molecule has 5 nitrogen and oxygen atoms in total. The maximum atomic E-state index is 14.1. The number of ketones is 1. The number of hydrogen-bond acceptors (Lipinski definition) is 5. The quantitative estimate of drug-likeness (QED) is 0.724. The Bertz CT molecular complexity index is 495. The Balaban J connectivity index is 2.92. The van der Waals surface area contributed by atoms with Crippen LogP contribution >= 0.6 is 7.60 Å². The van der Waals surface area contributed by atoms with Gasteiger partial charge in [-0.1, -0.05) is 18.2 Å². The van der Waals surface area contributed by atoms with Gasteiger partial charge in [-0.3, -0.25) is 9.36 Å². The number of carbonyl (C=O) groups is 1. The monoisotopic (exact) mass is 304 g/mol. The lowest BCUT2D eigenvalue weighted by atomic mass is 10.0. The predicted octanol–water partition coefficient (Wildman–Crippen LogP) is 3.19. The van der Waals surface area contributed by atoms with E-state index in [-0.39, 0.29) is 0 Å². The van der Waals surface area contributed by atoms with Crippen molar-refractivity contribution in [2.45, 2.75) is 25.4 Å². The van der Waals surface area contributed by atoms with Crippen LogP contribution in [-0.4, -0.2) is 31.5 Å². The van der Waals surface area contributed by atoms with Crippen molar-refractivity contribution in [1.82, 2.24) is 0 Å². The van der Waals surface area contributed by atoms with Crippen molar-refractivity contribution in [3.63, 3.8) is 0 Å². The van der Waals surface area contributed by atoms with Crippen molar-refractivity contribution in [2.75, 3.05) is 14.2 Å². The van der Waals surface area contributed by atoms with Gasteiger partial charge < -0.3 is 13.8 Å². The van der Waals surface area contributed by atoms with E-state index < -0.39 is 24.9 Å². The molecular weight excluding hydrogens is 286 g/mol. The van der Waals surface area contributed by atoms with E-state index in [2.05, 4.69) is 9.05 Å². The molecule has 0 bridgehead atoms. The first-order chi connectivity index (χ1) is 9.27. The smallest absolute Gasteiger partial charge is 0.371 e. The van der Waals surface area contributed by atoms with Crippen LogP contribution in [0.15, 0.2) is 30.3 Å². The van der Waals surface area contributed by atoms with Gasteiger partial charge in [0.05, 0.1) is 0 Å². The molecule has 0 aliphatic heterocycles. The maximum absolute atomic E-state index is 14.1. The van der Waals surface area contributed by atoms with Gasteiger partial charge in [0.2, 0.25) is 5.78 Å². The van der Waals surface area contributed by atoms with E-state index in [1.165, 1.54) is 13.8 Å². The summed E-state index contributed by atoms with van der Waals surface area (Å²) in [6, 6.07) is 8.49. The number of halogens is 1. The molecule has 0 amide bonds. The number of hydrogen-bond donors (Lipinski definition) is 0. The van der Waals surface area contributed by atoms with Crippen molar-refractivity contribution >= 4 is 13.4 Å². The Morgan fingerprint density at radius 2 is 1.70 bits per heavy atom. The minimum atomic E-state index is -4.13. The summed E-state index contributed by atoms with van der Waals surface area (Å²) in [4.78, 5) is 12.1. The fraction of sp³-hybridized carbons (Fsp3) is 0.462. The Kier molecular flexibility index (Phi) is 5.45. The number of benzene rings is 1. The van der Waals surface area contributed by atoms with E-state index >= 15 is 0 Å². The first-order valence-corrected chi connectivity index (χ1v) is 7.51. The van der Waals surface area contributed by atoms with Crippen LogP contribution in [0.2, 0.25) is 0 Å². The highest BCUT2D eigenvalue weighted by molar-refractivity contribution is 7.55. The minimum Gasteiger partial charge on any atom is -0.480 e. The number of alkyl halides is 1. The lowest BCUT2D eigenvalue weighted by Gasteiger charge is -2.28. The zero-order valence-electron chi connectivity index (χ0n) is 11.8. The SMILES string of the molecule is COP(=O)(OC)C(F)C(=O)C(C)(C)Oc1ccccc1. The molecule has 1 aromatic rings. The molecule has 0 aromatic heterocycles. The molecule has 1 atom stereocenters. The summed E-state index contributed by atoms with van der Waals surface area (Å²) in [6.45, 7) is 2.79. The number of Topliss-reactive ketones (excluding diaryl/α,β-unsaturated/α-hetero) is 1. The summed E-state index contributed by atoms with van der Waals surface area (Å²) in [5.41, 5.74) is -1.51. The Morgan fingerprint density at radius 3 is 2.15 bits per heavy atom. The average Bonchev–Trinajstić information content (AvgIpc) is 2.45. The molecule has 0 saturated heterocycles. The first kappa shape index (κ1) is 16.8. The summed E-state index contributed by atoms with van der Waals surface area (Å²) >= 11 is 0. The van der Waals surface area contributed by atoms with Crippen molar-refractivity contribution in [3.05, 3.63) is 30.3 Å². The third-order valence-corrected chi connectivity index (χ3v) is 4.52. The molecule has 112 valence electrons. The minimum absolute atomic E-state index is 0.405. The molecule has 0 heterocycles. The molecule has 0 spiro atoms. The largest absolute Gasteiger partial charge is 0.480 e. The highest BCUT2D eigenvalue weighted by atomic mass is 31.2. The number of ether oxygens (including phenoxy) is 1. The topological polar surface area (TPSA) is 61.8 Å². The lowest BCUT2D eigenvalue weighted by Crippen LogP contribution is -2.43. The van der Waals surface area contributed by atoms with Gasteiger partial charge in [-0.15, -0.1) is 0 Å². The van der Waals surface area contributed by atoms with Crippen molar-refractivity contribution < 1.29 is 27.5 Å². The molecule has 1 aromatic carbocycles. The molecule has 0 fully saturated rings. The third kappa shape index (κ3) is 3.66. The molecule has 1 unspecified atom stereocenters. The van der Waals surface area contributed by atoms with E-state index in [1.807, 2.05) is 0 Å². The van der Waals surface area contributed by atoms with Crippen LogP contribution in [0, 0.1) is 0 Å². The summed E-state index contributed by atoms with van der Waals surface area (Å²) in [5, 5.41) is 0. The highest BCUT2D eigenvalue weighted by Gasteiger charge is 2.47. The maximum Gasteiger partial charge on any atom is 0.371 e. The van der Waals surface area contributed by atoms with Gasteiger partial charge in [-0.05, 0) is 26.0 Å². The molecule has 0 N–H and O–H groups in total. The van der Waals surface area contributed by atoms with Crippen molar-refractivity contribution in [1.29, 1.82) is 0 Å². The number of rotatable bonds is 7. The second-order valence-electron chi connectivity index (χ2n) is 4.53. The predicted molar refractivity (Wildman–Crippen MR) is 72.7 cm³/mol. The normalized spacial score (nSPS) is 13.8. The Morgan fingerprint density at radius 1 is 1.20 bits per heavy atom. The van der Waals surface area contributed by atoms with Crippen molar-refractivity contribution in [2.24, 2.45) is 0 Å². The van der Waals surface area contributed by atoms with Crippen LogP contribution in [0.4, 0.5) is 4.39 Å². The Hall–Kier alpha value is -1.23. The summed E-state index contributed by atoms with van der Waals surface area (Å²) in [5.74, 6) is -3.01. The van der Waals surface area contributed by atoms with Gasteiger partial charge in [0.1, 0.15) is 5.75 Å². The van der Waals surface area contributed by atoms with Gasteiger partial charge in [-0.2, -0.15) is 0 Å². The zero-order chi connectivity index (χ0) is 15.4. The van der Waals surface area contributed by atoms with Gasteiger partial charge in [0.25, 0.3) is 5.91 Å². The van der Waals surface area contributed by atoms with Gasteiger partial charge >= 0.3 is 7.60 Å². The molecule has 7 heteroatoms. The van der Waals surface area contributed by atoms with E-state index in [0.29, 0.717) is 5.75 Å². The molecule has 20 heavy (non-hydrogen) atoms. The third-order valence-electron chi connectivity index (χ3n) is 2.71. The summed E-state index contributed by atoms with van der Waals surface area (Å²) in [6.07, 6.45) is 0. The summed E-state index contributed by atoms with van der Waals surface area (Å²) in [7, 11) is -2.08. The van der Waals surface area contributed by atoms with Crippen LogP contribution in [-0.2, 0) is 18.4 Å². The second-order valence-corrected chi connectivity index (χ2v) is 6.79. The van der Waals surface area contributed by atoms with Gasteiger partial charge in [0.15, 0.2) is 5.60 Å². The molecule has 0 radical (unpaired) electrons. The van der Waals surface area contributed by atoms with Crippen LogP contribution in [0.3, 0.4) is 0 Å². The fourth-order valence-electron chi connectivity index (χ4n) is 1.52. The van der Waals surface area contributed by atoms with E-state index in [4.69, 9.17) is 4.74 Å². The van der Waals surface area contributed by atoms with Crippen molar-refractivity contribution in [3.8, 4) is 5.75 Å². The average molecular weight is 304 g/mol. The molecule has 0 aliphatic rings. The molecule has 0 aliphatic carbocycles. The molecule has 1 rings (SSSR count). The first-order valence-electron chi connectivity index (χ1n) is 5.90. The number of carbonyl (C=O) groups excluding carboxylic acids is 1. The fourth-order valence-corrected chi connectivity index (χ4v) is 2.64. The number of para-hydroxylation sites is 1. The standard InChI is InChI=1S/C13H18FO5P/c1-13(2,19-10-8-6-5-7-9-10)11(15)12(14)20(16,17-3)18-4/h5-9,12H,1-4H3. The van der Waals surface area contributed by atoms with Crippen LogP contribution in [0.5, 0.6) is 5.75 Å². The molecular formula is C13H18FO5P. The van der Waals surface area contributed by atoms with E-state index in [0.717, 1.165) is 14.2 Å². The highest BCUT2D eigenvalue weighted by Crippen LogP contribution is 2.53. The molecule has 0 saturated carbocycles. The van der Waals surface area contributed by atoms with Crippen LogP contribution in [0.1, 0.15) is 13.8 Å². The second kappa shape index (κ2) is 6.48. The Labute approximate surface area is 117 Å². The zero-order valence-corrected chi connectivity index (χ0v) is 12.7. The lowest BCUT2D eigenvalue weighted by molar-refractivity contribution is -0.134. The van der Waals surface area contributed by atoms with E-state index in [9.17, 15) is 13.8 Å². The van der Waals surface area contributed by atoms with Crippen LogP contribution < -0.4 is 4.74 Å². The summed E-state index contributed by atoms with van der Waals surface area (Å²) < 4.78 is 40.4.